The third kappa shape index (κ3) is 7.02. The van der Waals surface area contributed by atoms with Crippen molar-refractivity contribution < 1.29 is 4.74 Å². The van der Waals surface area contributed by atoms with Gasteiger partial charge in [0.1, 0.15) is 11.9 Å². The molecule has 4 heteroatoms. The van der Waals surface area contributed by atoms with E-state index in [0.29, 0.717) is 0 Å². The Morgan fingerprint density at radius 3 is 2.60 bits per heavy atom. The molecule has 0 saturated heterocycles. The van der Waals surface area contributed by atoms with Gasteiger partial charge in [-0.05, 0) is 25.5 Å². The van der Waals surface area contributed by atoms with Crippen LogP contribution in [0.3, 0.4) is 0 Å². The summed E-state index contributed by atoms with van der Waals surface area (Å²) in [6, 6.07) is 9.87. The first-order valence-corrected chi connectivity index (χ1v) is 7.42. The van der Waals surface area contributed by atoms with Gasteiger partial charge in [0, 0.05) is 13.6 Å². The Bertz CT molecular complexity index is 379. The van der Waals surface area contributed by atoms with Gasteiger partial charge in [-0.25, -0.2) is 0 Å². The van der Waals surface area contributed by atoms with E-state index in [-0.39, 0.29) is 6.10 Å². The van der Waals surface area contributed by atoms with Crippen molar-refractivity contribution in [3.63, 3.8) is 0 Å². The lowest BCUT2D eigenvalue weighted by Gasteiger charge is -2.17. The minimum atomic E-state index is 0.0894. The van der Waals surface area contributed by atoms with Crippen LogP contribution in [-0.4, -0.2) is 32.2 Å². The highest BCUT2D eigenvalue weighted by molar-refractivity contribution is 5.79. The average molecular weight is 277 g/mol. The Morgan fingerprint density at radius 1 is 1.20 bits per heavy atom. The van der Waals surface area contributed by atoms with E-state index in [1.165, 1.54) is 19.3 Å². The number of aliphatic imine (C=N–C) groups is 1. The molecular formula is C16H27N3O. The molecule has 0 saturated carbocycles. The average Bonchev–Trinajstić information content (AvgIpc) is 2.47. The van der Waals surface area contributed by atoms with Crippen molar-refractivity contribution in [2.45, 2.75) is 39.2 Å². The van der Waals surface area contributed by atoms with E-state index in [4.69, 9.17) is 4.74 Å². The zero-order valence-corrected chi connectivity index (χ0v) is 12.9. The van der Waals surface area contributed by atoms with Crippen molar-refractivity contribution in [1.82, 2.24) is 10.6 Å². The number of ether oxygens (including phenoxy) is 1. The fourth-order valence-electron chi connectivity index (χ4n) is 1.82. The third-order valence-corrected chi connectivity index (χ3v) is 2.93. The zero-order valence-electron chi connectivity index (χ0n) is 12.9. The van der Waals surface area contributed by atoms with Gasteiger partial charge in [0.2, 0.25) is 0 Å². The molecule has 0 aliphatic rings. The Labute approximate surface area is 122 Å². The van der Waals surface area contributed by atoms with Crippen LogP contribution in [0, 0.1) is 0 Å². The number of guanidine groups is 1. The highest BCUT2D eigenvalue weighted by Gasteiger charge is 2.05. The standard InChI is InChI=1S/C16H27N3O/c1-4-5-9-12-18-16(17-3)19-13-14(2)20-15-10-7-6-8-11-15/h6-8,10-11,14H,4-5,9,12-13H2,1-3H3,(H2,17,18,19). The maximum atomic E-state index is 5.81. The number of benzene rings is 1. The van der Waals surface area contributed by atoms with Crippen LogP contribution in [0.5, 0.6) is 5.75 Å². The first-order chi connectivity index (χ1) is 9.76. The highest BCUT2D eigenvalue weighted by Crippen LogP contribution is 2.10. The smallest absolute Gasteiger partial charge is 0.191 e. The fourth-order valence-corrected chi connectivity index (χ4v) is 1.82. The predicted molar refractivity (Wildman–Crippen MR) is 85.4 cm³/mol. The normalized spacial score (nSPS) is 12.8. The summed E-state index contributed by atoms with van der Waals surface area (Å²) >= 11 is 0. The van der Waals surface area contributed by atoms with Crippen LogP contribution >= 0.6 is 0 Å². The molecule has 112 valence electrons. The largest absolute Gasteiger partial charge is 0.489 e. The van der Waals surface area contributed by atoms with Gasteiger partial charge >= 0.3 is 0 Å². The van der Waals surface area contributed by atoms with Crippen LogP contribution in [0.1, 0.15) is 33.1 Å². The summed E-state index contributed by atoms with van der Waals surface area (Å²) in [5.74, 6) is 1.73. The number of nitrogens with zero attached hydrogens (tertiary/aromatic N) is 1. The van der Waals surface area contributed by atoms with Gasteiger partial charge in [-0.3, -0.25) is 4.99 Å². The van der Waals surface area contributed by atoms with Gasteiger partial charge in [-0.15, -0.1) is 0 Å². The lowest BCUT2D eigenvalue weighted by Crippen LogP contribution is -2.42. The summed E-state index contributed by atoms with van der Waals surface area (Å²) in [5, 5.41) is 6.59. The fraction of sp³-hybridized carbons (Fsp3) is 0.562. The Morgan fingerprint density at radius 2 is 1.95 bits per heavy atom. The van der Waals surface area contributed by atoms with E-state index in [2.05, 4.69) is 22.5 Å². The second kappa shape index (κ2) is 10.1. The second-order valence-corrected chi connectivity index (χ2v) is 4.83. The van der Waals surface area contributed by atoms with Crippen molar-refractivity contribution in [3.05, 3.63) is 30.3 Å². The molecule has 1 aromatic rings. The predicted octanol–water partition coefficient (Wildman–Crippen LogP) is 2.81. The van der Waals surface area contributed by atoms with Crippen molar-refractivity contribution in [1.29, 1.82) is 0 Å². The lowest BCUT2D eigenvalue weighted by molar-refractivity contribution is 0.224. The lowest BCUT2D eigenvalue weighted by atomic mass is 10.2. The summed E-state index contributed by atoms with van der Waals surface area (Å²) in [7, 11) is 1.79. The van der Waals surface area contributed by atoms with Gasteiger partial charge < -0.3 is 15.4 Å². The summed E-state index contributed by atoms with van der Waals surface area (Å²) in [5.41, 5.74) is 0. The summed E-state index contributed by atoms with van der Waals surface area (Å²) in [4.78, 5) is 4.20. The first-order valence-electron chi connectivity index (χ1n) is 7.42. The van der Waals surface area contributed by atoms with Crippen molar-refractivity contribution in [3.8, 4) is 5.75 Å². The van der Waals surface area contributed by atoms with Crippen LogP contribution in [-0.2, 0) is 0 Å². The van der Waals surface area contributed by atoms with Crippen molar-refractivity contribution >= 4 is 5.96 Å². The minimum absolute atomic E-state index is 0.0894. The molecule has 0 radical (unpaired) electrons. The van der Waals surface area contributed by atoms with Crippen LogP contribution in [0.15, 0.2) is 35.3 Å². The molecule has 2 N–H and O–H groups in total. The van der Waals surface area contributed by atoms with Crippen LogP contribution in [0.4, 0.5) is 0 Å². The van der Waals surface area contributed by atoms with E-state index in [9.17, 15) is 0 Å². The number of hydrogen-bond donors (Lipinski definition) is 2. The monoisotopic (exact) mass is 277 g/mol. The second-order valence-electron chi connectivity index (χ2n) is 4.83. The van der Waals surface area contributed by atoms with Crippen LogP contribution < -0.4 is 15.4 Å². The Balaban J connectivity index is 2.23. The molecular weight excluding hydrogens is 250 g/mol. The van der Waals surface area contributed by atoms with E-state index >= 15 is 0 Å². The van der Waals surface area contributed by atoms with E-state index in [1.54, 1.807) is 7.05 Å². The molecule has 1 atom stereocenters. The maximum absolute atomic E-state index is 5.81. The van der Waals surface area contributed by atoms with Crippen LogP contribution in [0.2, 0.25) is 0 Å². The van der Waals surface area contributed by atoms with Crippen molar-refractivity contribution in [2.24, 2.45) is 4.99 Å². The zero-order chi connectivity index (χ0) is 14.6. The van der Waals surface area contributed by atoms with Gasteiger partial charge in [0.15, 0.2) is 5.96 Å². The SMILES string of the molecule is CCCCCNC(=NC)NCC(C)Oc1ccccc1. The van der Waals surface area contributed by atoms with E-state index < -0.39 is 0 Å². The number of nitrogens with one attached hydrogen (secondary N) is 2. The molecule has 20 heavy (non-hydrogen) atoms. The first kappa shape index (κ1) is 16.3. The molecule has 0 aromatic heterocycles. The molecule has 1 unspecified atom stereocenters. The van der Waals surface area contributed by atoms with Gasteiger partial charge in [0.05, 0.1) is 6.54 Å². The molecule has 1 rings (SSSR count). The number of rotatable bonds is 8. The van der Waals surface area contributed by atoms with Gasteiger partial charge in [0.25, 0.3) is 0 Å². The summed E-state index contributed by atoms with van der Waals surface area (Å²) in [6.45, 7) is 5.93. The third-order valence-electron chi connectivity index (χ3n) is 2.93. The quantitative estimate of drug-likeness (QED) is 0.436. The van der Waals surface area contributed by atoms with E-state index in [1.807, 2.05) is 37.3 Å². The highest BCUT2D eigenvalue weighted by atomic mass is 16.5. The molecule has 0 heterocycles. The van der Waals surface area contributed by atoms with Crippen molar-refractivity contribution in [2.75, 3.05) is 20.1 Å². The molecule has 1 aromatic carbocycles. The van der Waals surface area contributed by atoms with Crippen LogP contribution in [0.25, 0.3) is 0 Å². The molecule has 0 aliphatic carbocycles. The molecule has 0 spiro atoms. The maximum Gasteiger partial charge on any atom is 0.191 e. The summed E-state index contributed by atoms with van der Waals surface area (Å²) < 4.78 is 5.81. The Kier molecular flexibility index (Phi) is 8.27. The van der Waals surface area contributed by atoms with E-state index in [0.717, 1.165) is 24.8 Å². The molecule has 0 fully saturated rings. The summed E-state index contributed by atoms with van der Waals surface area (Å²) in [6.07, 6.45) is 3.74. The molecule has 4 nitrogen and oxygen atoms in total. The number of unbranched alkanes of at least 4 members (excludes halogenated alkanes) is 2. The minimum Gasteiger partial charge on any atom is -0.489 e. The van der Waals surface area contributed by atoms with Gasteiger partial charge in [-0.2, -0.15) is 0 Å². The molecule has 0 aliphatic heterocycles. The number of hydrogen-bond acceptors (Lipinski definition) is 2. The topological polar surface area (TPSA) is 45.7 Å². The number of para-hydroxylation sites is 1. The molecule has 0 bridgehead atoms. The molecule has 0 amide bonds. The van der Waals surface area contributed by atoms with Gasteiger partial charge in [-0.1, -0.05) is 38.0 Å². The Hall–Kier alpha value is -1.71.